The minimum absolute atomic E-state index is 0.169. The Kier molecular flexibility index (Phi) is 7.17. The number of allylic oxidation sites excluding steroid dienone is 1. The Morgan fingerprint density at radius 1 is 1.05 bits per heavy atom. The predicted octanol–water partition coefficient (Wildman–Crippen LogP) is 4.68. The van der Waals surface area contributed by atoms with E-state index in [1.54, 1.807) is 0 Å². The van der Waals surface area contributed by atoms with E-state index in [1.807, 2.05) is 17.0 Å². The summed E-state index contributed by atoms with van der Waals surface area (Å²) in [7, 11) is 0. The van der Waals surface area contributed by atoms with Gasteiger partial charge in [0.05, 0.1) is 0 Å². The van der Waals surface area contributed by atoms with Crippen molar-refractivity contribution in [2.24, 2.45) is 0 Å². The summed E-state index contributed by atoms with van der Waals surface area (Å²) in [6, 6.07) is 11.0. The third-order valence-corrected chi connectivity index (χ3v) is 10.3. The van der Waals surface area contributed by atoms with E-state index in [1.165, 1.54) is 9.15 Å². The summed E-state index contributed by atoms with van der Waals surface area (Å²) < 4.78 is 1.39. The molecule has 122 valence electrons. The summed E-state index contributed by atoms with van der Waals surface area (Å²) in [6.07, 6.45) is 2.86. The van der Waals surface area contributed by atoms with E-state index in [0.717, 1.165) is 6.42 Å². The molecule has 3 heteroatoms. The van der Waals surface area contributed by atoms with Gasteiger partial charge in [-0.3, -0.25) is 0 Å². The molecule has 1 rings (SSSR count). The van der Waals surface area contributed by atoms with Gasteiger partial charge in [0.25, 0.3) is 0 Å². The second-order valence-electron chi connectivity index (χ2n) is 7.51. The van der Waals surface area contributed by atoms with Crippen LogP contribution in [0, 0.1) is 0 Å². The molecule has 0 aliphatic rings. The number of benzene rings is 1. The second kappa shape index (κ2) is 8.19. The number of carbonyl (C=O) groups excluding carboxylic acids is 1. The van der Waals surface area contributed by atoms with Gasteiger partial charge < -0.3 is 0 Å². The Hall–Kier alpha value is -0.771. The number of hydrogen-bond acceptors (Lipinski definition) is 1. The van der Waals surface area contributed by atoms with E-state index < -0.39 is 18.4 Å². The van der Waals surface area contributed by atoms with Gasteiger partial charge >= 0.3 is 141 Å². The molecule has 0 aromatic heterocycles. The average molecular weight is 408 g/mol. The third kappa shape index (κ3) is 5.79. The van der Waals surface area contributed by atoms with Gasteiger partial charge in [-0.15, -0.1) is 0 Å². The molecule has 0 aliphatic heterocycles. The molecule has 0 aliphatic carbocycles. The molecule has 1 amide bonds. The van der Waals surface area contributed by atoms with Gasteiger partial charge in [0.15, 0.2) is 0 Å². The molecule has 1 aromatic carbocycles. The van der Waals surface area contributed by atoms with Gasteiger partial charge in [0.2, 0.25) is 0 Å². The zero-order chi connectivity index (χ0) is 16.9. The molecule has 0 saturated carbocycles. The van der Waals surface area contributed by atoms with Crippen molar-refractivity contribution in [3.8, 4) is 0 Å². The zero-order valence-electron chi connectivity index (χ0n) is 15.2. The number of nitrogens with zero attached hydrogens (tertiary/aromatic N) is 1. The normalized spacial score (nSPS) is 12.9. The van der Waals surface area contributed by atoms with Crippen LogP contribution in [0.4, 0.5) is 0 Å². The monoisotopic (exact) mass is 409 g/mol. The molecule has 0 radical (unpaired) electrons. The van der Waals surface area contributed by atoms with Crippen molar-refractivity contribution in [3.63, 3.8) is 0 Å². The fourth-order valence-corrected chi connectivity index (χ4v) is 6.36. The number of amides is 1. The Morgan fingerprint density at radius 3 is 1.95 bits per heavy atom. The molecule has 0 spiro atoms. The molecule has 0 bridgehead atoms. The fourth-order valence-electron chi connectivity index (χ4n) is 2.68. The van der Waals surface area contributed by atoms with Crippen LogP contribution in [0.3, 0.4) is 0 Å². The Bertz CT molecular complexity index is 504. The average Bonchev–Trinajstić information content (AvgIpc) is 2.37. The van der Waals surface area contributed by atoms with Crippen LogP contribution < -0.4 is 0 Å². The van der Waals surface area contributed by atoms with Gasteiger partial charge in [0.1, 0.15) is 0 Å². The number of carbonyl (C=O) groups is 1. The van der Waals surface area contributed by atoms with E-state index in [2.05, 4.69) is 66.8 Å². The van der Waals surface area contributed by atoms with Gasteiger partial charge in [-0.05, 0) is 0 Å². The first-order chi connectivity index (χ1) is 10.1. The number of rotatable bonds is 6. The number of hydrogen-bond donors (Lipinski definition) is 0. The van der Waals surface area contributed by atoms with E-state index in [4.69, 9.17) is 0 Å². The molecule has 0 N–H and O–H groups in total. The van der Waals surface area contributed by atoms with E-state index in [-0.39, 0.29) is 18.0 Å². The van der Waals surface area contributed by atoms with Crippen LogP contribution in [-0.4, -0.2) is 41.3 Å². The summed E-state index contributed by atoms with van der Waals surface area (Å²) in [5.74, 6) is 0.169. The first-order valence-electron chi connectivity index (χ1n) is 8.20. The third-order valence-electron chi connectivity index (χ3n) is 3.87. The molecule has 1 aromatic rings. The zero-order valence-corrected chi connectivity index (χ0v) is 18.0. The van der Waals surface area contributed by atoms with Gasteiger partial charge in [0, 0.05) is 0 Å². The van der Waals surface area contributed by atoms with Crippen LogP contribution in [-0.2, 0) is 11.2 Å². The van der Waals surface area contributed by atoms with Crippen LogP contribution >= 0.6 is 0 Å². The van der Waals surface area contributed by atoms with Crippen molar-refractivity contribution < 1.29 is 4.79 Å². The van der Waals surface area contributed by atoms with Crippen LogP contribution in [0.5, 0.6) is 0 Å². The van der Waals surface area contributed by atoms with Crippen LogP contribution in [0.25, 0.3) is 0 Å². The topological polar surface area (TPSA) is 20.3 Å². The maximum atomic E-state index is 12.8. The van der Waals surface area contributed by atoms with E-state index >= 15 is 0 Å². The molecule has 0 atom stereocenters. The van der Waals surface area contributed by atoms with Crippen molar-refractivity contribution in [3.05, 3.63) is 45.6 Å². The molecule has 2 nitrogen and oxygen atoms in total. The molecule has 0 saturated heterocycles. The van der Waals surface area contributed by atoms with Gasteiger partial charge in [-0.2, -0.15) is 0 Å². The maximum absolute atomic E-state index is 12.8. The fraction of sp³-hybridized carbons (Fsp3) is 0.526. The SMILES string of the molecule is CC(C)N(C(=O)/C=[C](/Cc1ccccc1)[Sn]([CH3])([CH3])[CH3])C(C)C. The first-order valence-corrected chi connectivity index (χ1v) is 18.2. The van der Waals surface area contributed by atoms with Gasteiger partial charge in [-0.1, -0.05) is 0 Å². The predicted molar refractivity (Wildman–Crippen MR) is 98.7 cm³/mol. The van der Waals surface area contributed by atoms with E-state index in [9.17, 15) is 4.79 Å². The van der Waals surface area contributed by atoms with Crippen LogP contribution in [0.2, 0.25) is 14.8 Å². The van der Waals surface area contributed by atoms with Crippen molar-refractivity contribution in [1.82, 2.24) is 4.90 Å². The van der Waals surface area contributed by atoms with Crippen LogP contribution in [0.1, 0.15) is 33.3 Å². The summed E-state index contributed by atoms with van der Waals surface area (Å²) in [4.78, 5) is 21.9. The van der Waals surface area contributed by atoms with Crippen LogP contribution in [0.15, 0.2) is 40.0 Å². The van der Waals surface area contributed by atoms with Gasteiger partial charge in [-0.25, -0.2) is 0 Å². The van der Waals surface area contributed by atoms with Crippen molar-refractivity contribution in [2.75, 3.05) is 0 Å². The second-order valence-corrected chi connectivity index (χ2v) is 22.2. The molecule has 0 fully saturated rings. The molecular formula is C19H31NOSn. The summed E-state index contributed by atoms with van der Waals surface area (Å²) >= 11 is -2.31. The molecule has 0 unspecified atom stereocenters. The molecule has 22 heavy (non-hydrogen) atoms. The Balaban J connectivity index is 3.09. The Morgan fingerprint density at radius 2 is 1.55 bits per heavy atom. The minimum atomic E-state index is -2.31. The van der Waals surface area contributed by atoms with E-state index in [0.29, 0.717) is 0 Å². The van der Waals surface area contributed by atoms with Crippen molar-refractivity contribution in [2.45, 2.75) is 61.0 Å². The standard InChI is InChI=1S/C16H22NO.3CH3.Sn/c1-13(2)17(14(3)4)16(18)12-8-11-15-9-6-5-7-10-15;;;;/h5-7,9-10,12-14H,11H2,1-4H3;3*1H3;. The summed E-state index contributed by atoms with van der Waals surface area (Å²) in [6.45, 7) is 8.35. The quantitative estimate of drug-likeness (QED) is 0.495. The molecular weight excluding hydrogens is 377 g/mol. The summed E-state index contributed by atoms with van der Waals surface area (Å²) in [5.41, 5.74) is 1.30. The van der Waals surface area contributed by atoms with Crippen molar-refractivity contribution >= 4 is 24.3 Å². The molecule has 0 heterocycles. The summed E-state index contributed by atoms with van der Waals surface area (Å²) in [5, 5.41) is 0. The Labute approximate surface area is 140 Å². The first kappa shape index (κ1) is 19.3. The van der Waals surface area contributed by atoms with Crippen molar-refractivity contribution in [1.29, 1.82) is 0 Å².